The first-order valence-electron chi connectivity index (χ1n) is 19.1. The second-order valence-corrected chi connectivity index (χ2v) is 20.5. The van der Waals surface area contributed by atoms with Crippen molar-refractivity contribution < 1.29 is 19.1 Å². The van der Waals surface area contributed by atoms with E-state index in [4.69, 9.17) is 58.3 Å². The third-order valence-corrected chi connectivity index (χ3v) is 18.2. The van der Waals surface area contributed by atoms with Gasteiger partial charge in [0.2, 0.25) is 5.41 Å². The molecule has 294 valence electrons. The van der Waals surface area contributed by atoms with Gasteiger partial charge in [0, 0.05) is 53.4 Å². The summed E-state index contributed by atoms with van der Waals surface area (Å²) in [5.74, 6) is -1.44. The summed E-state index contributed by atoms with van der Waals surface area (Å²) in [4.78, 5) is 35.0. The minimum Gasteiger partial charge on any atom is -0.459 e. The number of fused-ring (bicyclic) bond motifs is 9. The van der Waals surface area contributed by atoms with Crippen LogP contribution in [0.15, 0.2) is 138 Å². The lowest BCUT2D eigenvalue weighted by atomic mass is 9.77. The number of ether oxygens (including phenoxy) is 2. The van der Waals surface area contributed by atoms with Gasteiger partial charge in [0.25, 0.3) is 0 Å². The molecule has 0 atom stereocenters. The lowest BCUT2D eigenvalue weighted by molar-refractivity contribution is -0.164. The van der Waals surface area contributed by atoms with Crippen LogP contribution in [-0.2, 0) is 37.7 Å². The number of benzene rings is 4. The molecule has 61 heavy (non-hydrogen) atoms. The molecular formula is C49H26O4S8. The molecule has 0 unspecified atom stereocenters. The first-order valence-corrected chi connectivity index (χ1v) is 24.0. The van der Waals surface area contributed by atoms with Crippen LogP contribution in [0.5, 0.6) is 0 Å². The molecule has 0 saturated heterocycles. The average molecular weight is 935 g/mol. The largest absolute Gasteiger partial charge is 0.459 e. The molecule has 8 aromatic rings. The Balaban J connectivity index is 1.07. The minimum atomic E-state index is -1.98. The first-order chi connectivity index (χ1) is 29.7. The normalized spacial score (nSPS) is 15.1. The van der Waals surface area contributed by atoms with Gasteiger partial charge in [-0.25, -0.2) is 0 Å². The molecular weight excluding hydrogens is 909 g/mol. The van der Waals surface area contributed by atoms with E-state index in [9.17, 15) is 0 Å². The molecule has 0 amide bonds. The van der Waals surface area contributed by atoms with Gasteiger partial charge in [-0.05, 0) is 41.0 Å². The van der Waals surface area contributed by atoms with Gasteiger partial charge < -0.3 is 9.47 Å². The van der Waals surface area contributed by atoms with Crippen molar-refractivity contribution in [2.24, 2.45) is 0 Å². The highest BCUT2D eigenvalue weighted by Crippen LogP contribution is 2.58. The molecule has 0 aliphatic heterocycles. The van der Waals surface area contributed by atoms with Gasteiger partial charge in [-0.3, -0.25) is 9.59 Å². The Kier molecular flexibility index (Phi) is 9.63. The molecule has 4 aromatic heterocycles. The molecule has 4 aromatic carbocycles. The molecule has 12 heteroatoms. The Morgan fingerprint density at radius 1 is 0.525 bits per heavy atom. The van der Waals surface area contributed by atoms with Crippen molar-refractivity contribution in [2.45, 2.75) is 18.6 Å². The second kappa shape index (κ2) is 15.1. The SMILES string of the molecule is O=C(OCc1ccccc1)C1(C(=O)OCc2ccccc2)C(C=C2C(=S)c3ccccc3C2=S)=Cc2sc3c(sc4c5sc(C=C6C(=S)c7ccccc7C6=S)cc5sc34)c21. The van der Waals surface area contributed by atoms with Gasteiger partial charge >= 0.3 is 11.9 Å². The van der Waals surface area contributed by atoms with E-state index in [0.29, 0.717) is 26.4 Å². The Morgan fingerprint density at radius 3 is 1.51 bits per heavy atom. The number of thiophene rings is 4. The third-order valence-electron chi connectivity index (χ3n) is 11.2. The van der Waals surface area contributed by atoms with Gasteiger partial charge in [0.05, 0.1) is 43.0 Å². The molecule has 0 spiro atoms. The zero-order valence-electron chi connectivity index (χ0n) is 31.5. The van der Waals surface area contributed by atoms with Crippen LogP contribution in [-0.4, -0.2) is 31.4 Å². The molecule has 0 N–H and O–H groups in total. The van der Waals surface area contributed by atoms with E-state index in [1.165, 1.54) is 0 Å². The molecule has 0 bridgehead atoms. The van der Waals surface area contributed by atoms with Crippen molar-refractivity contribution in [1.29, 1.82) is 0 Å². The predicted molar refractivity (Wildman–Crippen MR) is 268 cm³/mol. The number of hydrogen-bond donors (Lipinski definition) is 0. The van der Waals surface area contributed by atoms with Crippen LogP contribution in [0.4, 0.5) is 0 Å². The van der Waals surface area contributed by atoms with Gasteiger partial charge in [0.15, 0.2) is 0 Å². The van der Waals surface area contributed by atoms with Crippen LogP contribution in [0, 0.1) is 0 Å². The Bertz CT molecular complexity index is 3240. The highest BCUT2D eigenvalue weighted by molar-refractivity contribution is 7.84. The van der Waals surface area contributed by atoms with Crippen LogP contribution < -0.4 is 0 Å². The Hall–Kier alpha value is -5.02. The number of allylic oxidation sites excluding steroid dienone is 3. The zero-order valence-corrected chi connectivity index (χ0v) is 38.0. The Morgan fingerprint density at radius 2 is 0.984 bits per heavy atom. The third kappa shape index (κ3) is 6.11. The fourth-order valence-electron chi connectivity index (χ4n) is 8.27. The monoisotopic (exact) mass is 934 g/mol. The fourth-order valence-corrected chi connectivity index (χ4v) is 15.7. The first kappa shape index (κ1) is 38.9. The van der Waals surface area contributed by atoms with E-state index < -0.39 is 17.4 Å². The van der Waals surface area contributed by atoms with Gasteiger partial charge in [0.1, 0.15) is 13.2 Å². The Labute approximate surface area is 387 Å². The summed E-state index contributed by atoms with van der Waals surface area (Å²) >= 11 is 30.4. The predicted octanol–water partition coefficient (Wildman–Crippen LogP) is 13.1. The number of thiocarbonyl (C=S) groups is 4. The quantitative estimate of drug-likeness (QED) is 0.0646. The second-order valence-electron chi connectivity index (χ2n) is 14.7. The highest BCUT2D eigenvalue weighted by Gasteiger charge is 2.59. The molecule has 3 aliphatic rings. The average Bonchev–Trinajstić information content (AvgIpc) is 4.14. The molecule has 3 aliphatic carbocycles. The lowest BCUT2D eigenvalue weighted by Gasteiger charge is -2.28. The summed E-state index contributed by atoms with van der Waals surface area (Å²) in [7, 11) is 0. The molecule has 0 saturated carbocycles. The topological polar surface area (TPSA) is 52.6 Å². The van der Waals surface area contributed by atoms with Crippen LogP contribution in [0.2, 0.25) is 0 Å². The summed E-state index contributed by atoms with van der Waals surface area (Å²) in [6.07, 6.45) is 5.86. The highest BCUT2D eigenvalue weighted by atomic mass is 32.1. The lowest BCUT2D eigenvalue weighted by Crippen LogP contribution is -2.46. The van der Waals surface area contributed by atoms with E-state index in [1.807, 2.05) is 121 Å². The smallest absolute Gasteiger partial charge is 0.333 e. The minimum absolute atomic E-state index is 0.0340. The maximum atomic E-state index is 15.3. The fraction of sp³-hybridized carbons (Fsp3) is 0.0612. The standard InChI is InChI=1S/C49H26O4S8/c50-47(52-23-25-11-3-1-4-12-25)49(48(51)53-24-26-13-5-2-6-14-26)27(19-33-38(54)29-15-7-8-16-30(29)39(33)55)20-35-37(49)43-45(59-35)46-44(61-43)42-36(60-46)22-28(58-42)21-34-40(56)31-17-9-10-18-32(31)41(34)57/h1-22H,23-24H2. The van der Waals surface area contributed by atoms with E-state index >= 15 is 9.59 Å². The van der Waals surface area contributed by atoms with Crippen LogP contribution in [0.1, 0.15) is 48.7 Å². The van der Waals surface area contributed by atoms with Gasteiger partial charge in [-0.2, -0.15) is 0 Å². The maximum Gasteiger partial charge on any atom is 0.333 e. The summed E-state index contributed by atoms with van der Waals surface area (Å²) in [5.41, 5.74) is 5.79. The zero-order chi connectivity index (χ0) is 41.6. The van der Waals surface area contributed by atoms with Crippen LogP contribution >= 0.6 is 94.2 Å². The number of rotatable bonds is 8. The number of carbonyl (C=O) groups excluding carboxylic acids is 2. The number of carbonyl (C=O) groups is 2. The van der Waals surface area contributed by atoms with E-state index in [-0.39, 0.29) is 13.2 Å². The molecule has 4 nitrogen and oxygen atoms in total. The summed E-state index contributed by atoms with van der Waals surface area (Å²) in [5, 5.41) is 0. The van der Waals surface area contributed by atoms with Crippen molar-refractivity contribution in [3.8, 4) is 0 Å². The summed E-state index contributed by atoms with van der Waals surface area (Å²) < 4.78 is 18.8. The van der Waals surface area contributed by atoms with E-state index in [2.05, 4.69) is 12.1 Å². The van der Waals surface area contributed by atoms with Crippen molar-refractivity contribution in [2.75, 3.05) is 0 Å². The summed E-state index contributed by atoms with van der Waals surface area (Å²) in [6, 6.07) is 36.9. The summed E-state index contributed by atoms with van der Waals surface area (Å²) in [6.45, 7) is -0.0680. The van der Waals surface area contributed by atoms with Crippen LogP contribution in [0.3, 0.4) is 0 Å². The molecule has 0 fully saturated rings. The van der Waals surface area contributed by atoms with Crippen LogP contribution in [0.25, 0.3) is 40.4 Å². The molecule has 11 rings (SSSR count). The van der Waals surface area contributed by atoms with Crippen molar-refractivity contribution in [3.05, 3.63) is 187 Å². The van der Waals surface area contributed by atoms with Crippen molar-refractivity contribution in [3.63, 3.8) is 0 Å². The number of esters is 2. The number of hydrogen-bond acceptors (Lipinski definition) is 12. The van der Waals surface area contributed by atoms with Gasteiger partial charge in [-0.15, -0.1) is 45.3 Å². The van der Waals surface area contributed by atoms with Crippen molar-refractivity contribution in [1.82, 2.24) is 0 Å². The molecule has 4 heterocycles. The van der Waals surface area contributed by atoms with E-state index in [1.54, 1.807) is 45.3 Å². The van der Waals surface area contributed by atoms with E-state index in [0.717, 1.165) is 86.6 Å². The van der Waals surface area contributed by atoms with Crippen molar-refractivity contribution >= 4 is 166 Å². The molecule has 0 radical (unpaired) electrons. The van der Waals surface area contributed by atoms with Gasteiger partial charge in [-0.1, -0.05) is 158 Å². The maximum absolute atomic E-state index is 15.3.